The second-order valence-corrected chi connectivity index (χ2v) is 3.93. The molecule has 0 bridgehead atoms. The highest BCUT2D eigenvalue weighted by Crippen LogP contribution is 2.02. The van der Waals surface area contributed by atoms with Gasteiger partial charge in [0.2, 0.25) is 0 Å². The Hall–Kier alpha value is -0.930. The first-order valence-electron chi connectivity index (χ1n) is 4.53. The summed E-state index contributed by atoms with van der Waals surface area (Å²) in [6.45, 7) is 3.88. The largest absolute Gasteiger partial charge is 0.287 e. The minimum absolute atomic E-state index is 0.507. The molecule has 2 nitrogen and oxygen atoms in total. The Labute approximate surface area is 87.3 Å². The van der Waals surface area contributed by atoms with Crippen LogP contribution in [0.4, 0.5) is 0 Å². The van der Waals surface area contributed by atoms with Crippen LogP contribution in [0.3, 0.4) is 0 Å². The van der Waals surface area contributed by atoms with Gasteiger partial charge >= 0.3 is 0 Å². The van der Waals surface area contributed by atoms with Gasteiger partial charge in [0.1, 0.15) is 0 Å². The summed E-state index contributed by atoms with van der Waals surface area (Å²) < 4.78 is 15.8. The predicted octanol–water partition coefficient (Wildman–Crippen LogP) is 2.44. The lowest BCUT2D eigenvalue weighted by Crippen LogP contribution is -1.97. The maximum absolute atomic E-state index is 10.8. The Bertz CT molecular complexity index is 295. The van der Waals surface area contributed by atoms with Gasteiger partial charge in [-0.05, 0) is 18.4 Å². The van der Waals surface area contributed by atoms with Crippen molar-refractivity contribution in [2.45, 2.75) is 12.8 Å². The molecule has 0 aliphatic rings. The first kappa shape index (κ1) is 11.1. The molecule has 14 heavy (non-hydrogen) atoms. The topological polar surface area (TPSA) is 26.3 Å². The van der Waals surface area contributed by atoms with Crippen molar-refractivity contribution in [1.29, 1.82) is 0 Å². The number of hydrogen-bond acceptors (Lipinski definition) is 2. The number of hydrogen-bond donors (Lipinski definition) is 0. The minimum Gasteiger partial charge on any atom is -0.287 e. The van der Waals surface area contributed by atoms with E-state index < -0.39 is 11.1 Å². The molecule has 0 radical (unpaired) electrons. The van der Waals surface area contributed by atoms with Crippen molar-refractivity contribution in [3.05, 3.63) is 47.9 Å². The molecule has 0 saturated heterocycles. The third-order valence-corrected chi connectivity index (χ3v) is 2.46. The Morgan fingerprint density at radius 3 is 2.71 bits per heavy atom. The lowest BCUT2D eigenvalue weighted by atomic mass is 10.1. The zero-order valence-corrected chi connectivity index (χ0v) is 8.83. The SMILES string of the molecule is C=CS(=O)OCCCc1ccccc1. The van der Waals surface area contributed by atoms with Crippen molar-refractivity contribution in [2.24, 2.45) is 0 Å². The van der Waals surface area contributed by atoms with Gasteiger partial charge in [0, 0.05) is 5.41 Å². The fraction of sp³-hybridized carbons (Fsp3) is 0.273. The molecule has 76 valence electrons. The van der Waals surface area contributed by atoms with E-state index in [2.05, 4.69) is 18.7 Å². The zero-order chi connectivity index (χ0) is 10.2. The molecule has 0 heterocycles. The molecule has 0 fully saturated rings. The van der Waals surface area contributed by atoms with E-state index in [4.69, 9.17) is 4.18 Å². The highest BCUT2D eigenvalue weighted by atomic mass is 32.2. The molecule has 1 rings (SSSR count). The molecular weight excluding hydrogens is 196 g/mol. The molecule has 0 saturated carbocycles. The van der Waals surface area contributed by atoms with Crippen LogP contribution in [-0.2, 0) is 21.7 Å². The molecule has 0 aliphatic heterocycles. The quantitative estimate of drug-likeness (QED) is 0.674. The normalized spacial score (nSPS) is 12.3. The van der Waals surface area contributed by atoms with Gasteiger partial charge in [-0.3, -0.25) is 4.18 Å². The predicted molar refractivity (Wildman–Crippen MR) is 59.1 cm³/mol. The van der Waals surface area contributed by atoms with Gasteiger partial charge in [0.05, 0.1) is 6.61 Å². The van der Waals surface area contributed by atoms with Crippen molar-refractivity contribution >= 4 is 11.1 Å². The smallest absolute Gasteiger partial charge is 0.181 e. The monoisotopic (exact) mass is 210 g/mol. The van der Waals surface area contributed by atoms with Gasteiger partial charge in [-0.2, -0.15) is 0 Å². The van der Waals surface area contributed by atoms with Gasteiger partial charge in [0.15, 0.2) is 11.1 Å². The maximum Gasteiger partial charge on any atom is 0.181 e. The van der Waals surface area contributed by atoms with Gasteiger partial charge in [-0.1, -0.05) is 36.9 Å². The highest BCUT2D eigenvalue weighted by Gasteiger charge is 1.94. The average molecular weight is 210 g/mol. The number of benzene rings is 1. The molecule has 1 unspecified atom stereocenters. The number of aryl methyl sites for hydroxylation is 1. The lowest BCUT2D eigenvalue weighted by Gasteiger charge is -2.00. The van der Waals surface area contributed by atoms with E-state index in [0.29, 0.717) is 6.61 Å². The molecular formula is C11H14O2S. The van der Waals surface area contributed by atoms with Gasteiger partial charge < -0.3 is 0 Å². The summed E-state index contributed by atoms with van der Waals surface area (Å²) in [5, 5.41) is 1.29. The summed E-state index contributed by atoms with van der Waals surface area (Å²) in [7, 11) is 0. The molecule has 0 aliphatic carbocycles. The van der Waals surface area contributed by atoms with Crippen LogP contribution in [-0.4, -0.2) is 10.8 Å². The Kier molecular flexibility index (Phi) is 5.19. The molecule has 0 aromatic heterocycles. The van der Waals surface area contributed by atoms with E-state index in [1.54, 1.807) is 0 Å². The average Bonchev–Trinajstić information content (AvgIpc) is 2.25. The first-order valence-corrected chi connectivity index (χ1v) is 5.67. The highest BCUT2D eigenvalue weighted by molar-refractivity contribution is 7.83. The van der Waals surface area contributed by atoms with Crippen LogP contribution >= 0.6 is 0 Å². The molecule has 0 N–H and O–H groups in total. The van der Waals surface area contributed by atoms with Crippen LogP contribution in [0.1, 0.15) is 12.0 Å². The van der Waals surface area contributed by atoms with Crippen LogP contribution in [0.5, 0.6) is 0 Å². The third kappa shape index (κ3) is 4.35. The summed E-state index contributed by atoms with van der Waals surface area (Å²) in [5.41, 5.74) is 1.28. The first-order chi connectivity index (χ1) is 6.83. The minimum atomic E-state index is -1.32. The van der Waals surface area contributed by atoms with Gasteiger partial charge in [-0.25, -0.2) is 4.21 Å². The summed E-state index contributed by atoms with van der Waals surface area (Å²) >= 11 is -1.32. The van der Waals surface area contributed by atoms with E-state index in [1.807, 2.05) is 18.2 Å². The summed E-state index contributed by atoms with van der Waals surface area (Å²) in [6.07, 6.45) is 1.83. The maximum atomic E-state index is 10.8. The van der Waals surface area contributed by atoms with Crippen LogP contribution in [0.25, 0.3) is 0 Å². The second-order valence-electron chi connectivity index (χ2n) is 2.84. The van der Waals surface area contributed by atoms with Crippen LogP contribution in [0.2, 0.25) is 0 Å². The van der Waals surface area contributed by atoms with Crippen LogP contribution in [0.15, 0.2) is 42.3 Å². The molecule has 1 aromatic carbocycles. The summed E-state index contributed by atoms with van der Waals surface area (Å²) in [6, 6.07) is 10.2. The van der Waals surface area contributed by atoms with Crippen molar-refractivity contribution in [3.8, 4) is 0 Å². The Balaban J connectivity index is 2.16. The van der Waals surface area contributed by atoms with E-state index >= 15 is 0 Å². The molecule has 1 atom stereocenters. The van der Waals surface area contributed by atoms with Crippen molar-refractivity contribution < 1.29 is 8.39 Å². The standard InChI is InChI=1S/C11H14O2S/c1-2-14(12)13-10-6-9-11-7-4-3-5-8-11/h2-5,7-8H,1,6,9-10H2. The zero-order valence-electron chi connectivity index (χ0n) is 8.02. The fourth-order valence-corrected chi connectivity index (χ4v) is 1.49. The second kappa shape index (κ2) is 6.51. The lowest BCUT2D eigenvalue weighted by molar-refractivity contribution is 0.344. The molecule has 1 aromatic rings. The van der Waals surface area contributed by atoms with E-state index in [-0.39, 0.29) is 0 Å². The Morgan fingerprint density at radius 1 is 1.36 bits per heavy atom. The van der Waals surface area contributed by atoms with E-state index in [1.165, 1.54) is 11.0 Å². The van der Waals surface area contributed by atoms with Gasteiger partial charge in [0.25, 0.3) is 0 Å². The number of rotatable bonds is 6. The van der Waals surface area contributed by atoms with Crippen molar-refractivity contribution in [3.63, 3.8) is 0 Å². The molecule has 3 heteroatoms. The fourth-order valence-electron chi connectivity index (χ4n) is 1.11. The molecule has 0 spiro atoms. The van der Waals surface area contributed by atoms with Crippen LogP contribution < -0.4 is 0 Å². The van der Waals surface area contributed by atoms with Gasteiger partial charge in [-0.15, -0.1) is 0 Å². The summed E-state index contributed by atoms with van der Waals surface area (Å²) in [5.74, 6) is 0. The van der Waals surface area contributed by atoms with Crippen molar-refractivity contribution in [2.75, 3.05) is 6.61 Å². The van der Waals surface area contributed by atoms with E-state index in [0.717, 1.165) is 12.8 Å². The Morgan fingerprint density at radius 2 is 2.07 bits per heavy atom. The summed E-state index contributed by atoms with van der Waals surface area (Å²) in [4.78, 5) is 0. The van der Waals surface area contributed by atoms with E-state index in [9.17, 15) is 4.21 Å². The molecule has 0 amide bonds. The van der Waals surface area contributed by atoms with Crippen LogP contribution in [0, 0.1) is 0 Å². The van der Waals surface area contributed by atoms with Crippen molar-refractivity contribution in [1.82, 2.24) is 0 Å². The third-order valence-electron chi connectivity index (χ3n) is 1.79.